The van der Waals surface area contributed by atoms with E-state index in [1.165, 1.54) is 19.3 Å². The lowest BCUT2D eigenvalue weighted by Gasteiger charge is -2.27. The average Bonchev–Trinajstić information content (AvgIpc) is 3.18. The van der Waals surface area contributed by atoms with Crippen molar-refractivity contribution >= 4 is 39.0 Å². The van der Waals surface area contributed by atoms with Gasteiger partial charge in [0.15, 0.2) is 0 Å². The Balaban J connectivity index is 1.40. The van der Waals surface area contributed by atoms with Gasteiger partial charge >= 0.3 is 0 Å². The Kier molecular flexibility index (Phi) is 4.70. The predicted molar refractivity (Wildman–Crippen MR) is 112 cm³/mol. The Labute approximate surface area is 167 Å². The molecular formula is C21H22N4O2S. The van der Waals surface area contributed by atoms with E-state index in [4.69, 9.17) is 9.72 Å². The van der Waals surface area contributed by atoms with Gasteiger partial charge in [-0.15, -0.1) is 11.3 Å². The molecule has 0 radical (unpaired) electrons. The zero-order valence-corrected chi connectivity index (χ0v) is 16.5. The van der Waals surface area contributed by atoms with Gasteiger partial charge in [0.1, 0.15) is 17.4 Å². The van der Waals surface area contributed by atoms with Crippen LogP contribution >= 0.6 is 11.3 Å². The molecule has 2 saturated heterocycles. The fourth-order valence-corrected chi connectivity index (χ4v) is 4.81. The van der Waals surface area contributed by atoms with Crippen molar-refractivity contribution in [3.05, 3.63) is 36.5 Å². The Morgan fingerprint density at radius 1 is 1.04 bits per heavy atom. The van der Waals surface area contributed by atoms with Crippen LogP contribution in [0.3, 0.4) is 0 Å². The molecule has 2 aromatic heterocycles. The monoisotopic (exact) mass is 394 g/mol. The molecule has 0 saturated carbocycles. The highest BCUT2D eigenvalue weighted by atomic mass is 32.1. The largest absolute Gasteiger partial charge is 0.370 e. The van der Waals surface area contributed by atoms with E-state index in [2.05, 4.69) is 28.1 Å². The van der Waals surface area contributed by atoms with Crippen LogP contribution in [0.2, 0.25) is 0 Å². The summed E-state index contributed by atoms with van der Waals surface area (Å²) in [6, 6.07) is 10.2. The highest BCUT2D eigenvalue weighted by Crippen LogP contribution is 2.33. The number of hydrogen-bond acceptors (Lipinski definition) is 6. The highest BCUT2D eigenvalue weighted by Gasteiger charge is 2.21. The Morgan fingerprint density at radius 2 is 1.93 bits per heavy atom. The molecule has 28 heavy (non-hydrogen) atoms. The Morgan fingerprint density at radius 3 is 2.71 bits per heavy atom. The van der Waals surface area contributed by atoms with E-state index >= 15 is 0 Å². The first kappa shape index (κ1) is 17.6. The van der Waals surface area contributed by atoms with Gasteiger partial charge in [0.2, 0.25) is 0 Å². The van der Waals surface area contributed by atoms with Gasteiger partial charge in [-0.25, -0.2) is 9.97 Å². The van der Waals surface area contributed by atoms with Gasteiger partial charge in [0.25, 0.3) is 5.91 Å². The maximum absolute atomic E-state index is 12.1. The van der Waals surface area contributed by atoms with Crippen molar-refractivity contribution in [2.45, 2.75) is 19.3 Å². The number of thiazole rings is 1. The Bertz CT molecular complexity index is 995. The van der Waals surface area contributed by atoms with Crippen LogP contribution in [-0.4, -0.2) is 48.7 Å². The molecule has 1 aromatic carbocycles. The number of nitrogens with zero attached hydrogens (tertiary/aromatic N) is 4. The van der Waals surface area contributed by atoms with Crippen molar-refractivity contribution in [1.29, 1.82) is 0 Å². The van der Waals surface area contributed by atoms with E-state index in [9.17, 15) is 4.79 Å². The maximum atomic E-state index is 12.1. The molecule has 0 N–H and O–H groups in total. The van der Waals surface area contributed by atoms with Gasteiger partial charge in [-0.1, -0.05) is 0 Å². The van der Waals surface area contributed by atoms with E-state index in [1.807, 2.05) is 18.3 Å². The molecule has 144 valence electrons. The second kappa shape index (κ2) is 7.48. The number of carbonyl (C=O) groups excluding carboxylic acids is 1. The number of ether oxygens (including phenoxy) is 1. The summed E-state index contributed by atoms with van der Waals surface area (Å²) < 4.78 is 6.30. The molecule has 0 bridgehead atoms. The van der Waals surface area contributed by atoms with Crippen LogP contribution in [0, 0.1) is 0 Å². The lowest BCUT2D eigenvalue weighted by atomic mass is 10.1. The van der Waals surface area contributed by atoms with Crippen molar-refractivity contribution in [3.8, 4) is 10.6 Å². The van der Waals surface area contributed by atoms with Crippen molar-refractivity contribution in [2.75, 3.05) is 42.6 Å². The number of pyridine rings is 1. The molecule has 3 aromatic rings. The fourth-order valence-electron chi connectivity index (χ4n) is 3.82. The van der Waals surface area contributed by atoms with E-state index in [-0.39, 0.29) is 12.5 Å². The zero-order valence-electron chi connectivity index (χ0n) is 15.6. The number of piperidine rings is 1. The van der Waals surface area contributed by atoms with Crippen LogP contribution in [0.15, 0.2) is 36.5 Å². The molecule has 2 fully saturated rings. The molecule has 0 atom stereocenters. The summed E-state index contributed by atoms with van der Waals surface area (Å²) >= 11 is 1.64. The lowest BCUT2D eigenvalue weighted by Crippen LogP contribution is -2.41. The van der Waals surface area contributed by atoms with E-state index in [0.717, 1.165) is 45.4 Å². The molecule has 0 unspecified atom stereocenters. The first-order valence-electron chi connectivity index (χ1n) is 9.78. The molecule has 1 amide bonds. The van der Waals surface area contributed by atoms with Gasteiger partial charge in [-0.3, -0.25) is 4.79 Å². The van der Waals surface area contributed by atoms with E-state index in [1.54, 1.807) is 16.2 Å². The second-order valence-electron chi connectivity index (χ2n) is 7.22. The van der Waals surface area contributed by atoms with Crippen molar-refractivity contribution < 1.29 is 9.53 Å². The summed E-state index contributed by atoms with van der Waals surface area (Å²) in [7, 11) is 0. The average molecular weight is 395 g/mol. The molecule has 0 spiro atoms. The normalized spacial score (nSPS) is 18.1. The number of benzene rings is 1. The number of amides is 1. The summed E-state index contributed by atoms with van der Waals surface area (Å²) in [6.45, 7) is 3.51. The standard InChI is InChI=1S/C21H22N4O2S/c26-20-14-27-11-10-25(20)16-5-6-17-18(12-16)28-21(23-17)15-4-7-19(22-13-15)24-8-2-1-3-9-24/h4-7,12-13H,1-3,8-11,14H2. The van der Waals surface area contributed by atoms with Crippen LogP contribution in [-0.2, 0) is 9.53 Å². The number of hydrogen-bond donors (Lipinski definition) is 0. The first-order valence-corrected chi connectivity index (χ1v) is 10.6. The highest BCUT2D eigenvalue weighted by molar-refractivity contribution is 7.21. The van der Waals surface area contributed by atoms with E-state index < -0.39 is 0 Å². The summed E-state index contributed by atoms with van der Waals surface area (Å²) in [6.07, 6.45) is 5.73. The summed E-state index contributed by atoms with van der Waals surface area (Å²) in [4.78, 5) is 25.7. The molecule has 5 rings (SSSR count). The van der Waals surface area contributed by atoms with Gasteiger partial charge in [0.05, 0.1) is 16.8 Å². The summed E-state index contributed by atoms with van der Waals surface area (Å²) in [5, 5.41) is 0.957. The number of anilines is 2. The SMILES string of the molecule is O=C1COCCN1c1ccc2nc(-c3ccc(N4CCCCC4)nc3)sc2c1. The van der Waals surface area contributed by atoms with Gasteiger partial charge in [-0.05, 0) is 49.6 Å². The minimum absolute atomic E-state index is 0.00726. The van der Waals surface area contributed by atoms with Crippen molar-refractivity contribution in [1.82, 2.24) is 9.97 Å². The molecule has 0 aliphatic carbocycles. The number of morpholine rings is 1. The van der Waals surface area contributed by atoms with Crippen molar-refractivity contribution in [3.63, 3.8) is 0 Å². The molecule has 4 heterocycles. The maximum Gasteiger partial charge on any atom is 0.253 e. The molecule has 2 aliphatic rings. The zero-order chi connectivity index (χ0) is 18.9. The van der Waals surface area contributed by atoms with E-state index in [0.29, 0.717) is 13.2 Å². The third-order valence-electron chi connectivity index (χ3n) is 5.34. The minimum Gasteiger partial charge on any atom is -0.370 e. The molecular weight excluding hydrogens is 372 g/mol. The molecule has 2 aliphatic heterocycles. The first-order chi connectivity index (χ1) is 13.8. The van der Waals surface area contributed by atoms with Gasteiger partial charge < -0.3 is 14.5 Å². The number of rotatable bonds is 3. The summed E-state index contributed by atoms with van der Waals surface area (Å²) in [5.41, 5.74) is 2.89. The van der Waals surface area contributed by atoms with Crippen molar-refractivity contribution in [2.24, 2.45) is 0 Å². The van der Waals surface area contributed by atoms with Crippen LogP contribution < -0.4 is 9.80 Å². The van der Waals surface area contributed by atoms with Crippen LogP contribution in [0.5, 0.6) is 0 Å². The van der Waals surface area contributed by atoms with Crippen LogP contribution in [0.25, 0.3) is 20.8 Å². The lowest BCUT2D eigenvalue weighted by molar-refractivity contribution is -0.125. The third-order valence-corrected chi connectivity index (χ3v) is 6.41. The quantitative estimate of drug-likeness (QED) is 0.678. The molecule has 7 heteroatoms. The number of fused-ring (bicyclic) bond motifs is 1. The molecule has 6 nitrogen and oxygen atoms in total. The Hall–Kier alpha value is -2.51. The number of carbonyl (C=O) groups is 1. The second-order valence-corrected chi connectivity index (χ2v) is 8.25. The fraction of sp³-hybridized carbons (Fsp3) is 0.381. The predicted octanol–water partition coefficient (Wildman–Crippen LogP) is 3.71. The number of aromatic nitrogens is 2. The third kappa shape index (κ3) is 3.36. The minimum atomic E-state index is 0.00726. The van der Waals surface area contributed by atoms with Crippen LogP contribution in [0.4, 0.5) is 11.5 Å². The topological polar surface area (TPSA) is 58.6 Å². The summed E-state index contributed by atoms with van der Waals surface area (Å²) in [5.74, 6) is 1.06. The van der Waals surface area contributed by atoms with Gasteiger partial charge in [-0.2, -0.15) is 0 Å². The smallest absolute Gasteiger partial charge is 0.253 e. The van der Waals surface area contributed by atoms with Gasteiger partial charge in [0, 0.05) is 37.1 Å². The van der Waals surface area contributed by atoms with Crippen LogP contribution in [0.1, 0.15) is 19.3 Å².